The van der Waals surface area contributed by atoms with E-state index in [2.05, 4.69) is 30.5 Å². The zero-order valence-electron chi connectivity index (χ0n) is 23.1. The second-order valence-corrected chi connectivity index (χ2v) is 11.1. The highest BCUT2D eigenvalue weighted by atomic mass is 35.5. The molecule has 0 saturated heterocycles. The van der Waals surface area contributed by atoms with Crippen LogP contribution in [-0.4, -0.2) is 39.8 Å². The van der Waals surface area contributed by atoms with Gasteiger partial charge in [0, 0.05) is 40.7 Å². The standard InChI is InChI=1S/C30H21ClF5N9/c31-22-4-6-25(45-15-24(41-42-45)17-1-2-17)28(29(22)33)19-3-5-23(38-10-19)26(16-43-14-21(32)12-39-43)44-13-20(11-40-44)18-7-8-37-27(9-18)30(34,35)36/h3-15,17,26H,1-2,16H2/p+1. The molecule has 0 bridgehead atoms. The SMILES string of the molecule is Fc1cnn(CC(c2ccc(-c3c(-[n+]4cc(C5CC5)n[nH]4)ccc(Cl)c3F)cn2)n2cc(-c3ccnc(C(F)(F)F)c3)cn2)c1. The lowest BCUT2D eigenvalue weighted by atomic mass is 10.0. The Balaban J connectivity index is 1.25. The largest absolute Gasteiger partial charge is 0.433 e. The third kappa shape index (κ3) is 5.80. The van der Waals surface area contributed by atoms with Crippen molar-refractivity contribution in [1.29, 1.82) is 0 Å². The number of aromatic amines is 1. The van der Waals surface area contributed by atoms with Crippen molar-refractivity contribution < 1.29 is 26.6 Å². The first-order chi connectivity index (χ1) is 21.6. The molecule has 0 spiro atoms. The molecule has 0 aliphatic heterocycles. The monoisotopic (exact) mass is 638 g/mol. The highest BCUT2D eigenvalue weighted by Gasteiger charge is 2.33. The number of aromatic nitrogens is 9. The summed E-state index contributed by atoms with van der Waals surface area (Å²) in [5.41, 5.74) is 2.13. The van der Waals surface area contributed by atoms with E-state index in [0.717, 1.165) is 37.0 Å². The van der Waals surface area contributed by atoms with Crippen molar-refractivity contribution in [2.75, 3.05) is 0 Å². The lowest BCUT2D eigenvalue weighted by Gasteiger charge is -2.18. The maximum atomic E-state index is 15.5. The fourth-order valence-electron chi connectivity index (χ4n) is 5.12. The summed E-state index contributed by atoms with van der Waals surface area (Å²) in [6.45, 7) is 0.0895. The highest BCUT2D eigenvalue weighted by Crippen LogP contribution is 2.39. The van der Waals surface area contributed by atoms with Gasteiger partial charge >= 0.3 is 6.18 Å². The van der Waals surface area contributed by atoms with E-state index >= 15 is 4.39 Å². The zero-order valence-corrected chi connectivity index (χ0v) is 23.9. The van der Waals surface area contributed by atoms with Gasteiger partial charge in [-0.05, 0) is 48.7 Å². The Labute approximate surface area is 256 Å². The van der Waals surface area contributed by atoms with Gasteiger partial charge in [-0.15, -0.1) is 4.68 Å². The number of halogens is 6. The van der Waals surface area contributed by atoms with Gasteiger partial charge in [0.25, 0.3) is 0 Å². The van der Waals surface area contributed by atoms with Crippen LogP contribution in [0.15, 0.2) is 79.8 Å². The molecule has 0 amide bonds. The van der Waals surface area contributed by atoms with Crippen LogP contribution in [0.1, 0.15) is 41.9 Å². The Hall–Kier alpha value is -4.98. The van der Waals surface area contributed by atoms with Gasteiger partial charge in [-0.1, -0.05) is 22.9 Å². The Morgan fingerprint density at radius 1 is 0.956 bits per heavy atom. The fraction of sp³-hybridized carbons (Fsp3) is 0.200. The first-order valence-corrected chi connectivity index (χ1v) is 14.2. The molecule has 1 aromatic carbocycles. The predicted molar refractivity (Wildman–Crippen MR) is 151 cm³/mol. The smallest absolute Gasteiger partial charge is 0.267 e. The summed E-state index contributed by atoms with van der Waals surface area (Å²) in [5.74, 6) is -0.785. The lowest BCUT2D eigenvalue weighted by molar-refractivity contribution is -0.659. The van der Waals surface area contributed by atoms with Crippen molar-refractivity contribution in [2.24, 2.45) is 0 Å². The van der Waals surface area contributed by atoms with Crippen molar-refractivity contribution in [3.05, 3.63) is 114 Å². The third-order valence-electron chi connectivity index (χ3n) is 7.56. The van der Waals surface area contributed by atoms with Crippen LogP contribution < -0.4 is 4.68 Å². The van der Waals surface area contributed by atoms with E-state index in [1.54, 1.807) is 29.1 Å². The van der Waals surface area contributed by atoms with Crippen LogP contribution in [0.2, 0.25) is 5.02 Å². The highest BCUT2D eigenvalue weighted by molar-refractivity contribution is 6.31. The summed E-state index contributed by atoms with van der Waals surface area (Å²) in [6.07, 6.45) is 7.16. The Morgan fingerprint density at radius 2 is 1.80 bits per heavy atom. The summed E-state index contributed by atoms with van der Waals surface area (Å²) >= 11 is 6.18. The molecule has 45 heavy (non-hydrogen) atoms. The molecule has 6 aromatic rings. The molecule has 9 nitrogen and oxygen atoms in total. The predicted octanol–water partition coefficient (Wildman–Crippen LogP) is 6.32. The zero-order chi connectivity index (χ0) is 31.3. The topological polar surface area (TPSA) is 94.0 Å². The van der Waals surface area contributed by atoms with E-state index in [4.69, 9.17) is 11.6 Å². The summed E-state index contributed by atoms with van der Waals surface area (Å²) in [7, 11) is 0. The quantitative estimate of drug-likeness (QED) is 0.156. The van der Waals surface area contributed by atoms with Crippen molar-refractivity contribution in [2.45, 2.75) is 37.5 Å². The van der Waals surface area contributed by atoms with Gasteiger partial charge in [-0.2, -0.15) is 23.4 Å². The van der Waals surface area contributed by atoms with Crippen LogP contribution in [0, 0.1) is 11.6 Å². The minimum atomic E-state index is -4.61. The van der Waals surface area contributed by atoms with E-state index in [-0.39, 0.29) is 22.7 Å². The number of nitrogens with one attached hydrogen (secondary N) is 1. The van der Waals surface area contributed by atoms with Crippen molar-refractivity contribution in [1.82, 2.24) is 39.8 Å². The maximum Gasteiger partial charge on any atom is 0.433 e. The number of hydrogen-bond donors (Lipinski definition) is 1. The fourth-order valence-corrected chi connectivity index (χ4v) is 5.28. The molecule has 5 heterocycles. The molecule has 7 rings (SSSR count). The van der Waals surface area contributed by atoms with Crippen LogP contribution in [0.5, 0.6) is 0 Å². The summed E-state index contributed by atoms with van der Waals surface area (Å²) < 4.78 is 73.7. The molecular formula is C30H22ClF5N9+. The van der Waals surface area contributed by atoms with E-state index in [1.807, 2.05) is 6.20 Å². The van der Waals surface area contributed by atoms with Gasteiger partial charge in [0.15, 0.2) is 23.5 Å². The van der Waals surface area contributed by atoms with E-state index < -0.39 is 29.5 Å². The second-order valence-electron chi connectivity index (χ2n) is 10.7. The molecule has 1 saturated carbocycles. The molecule has 15 heteroatoms. The average Bonchev–Trinajstić information content (AvgIpc) is 3.37. The average molecular weight is 639 g/mol. The number of alkyl halides is 3. The molecule has 1 aliphatic rings. The maximum absolute atomic E-state index is 15.5. The third-order valence-corrected chi connectivity index (χ3v) is 7.85. The van der Waals surface area contributed by atoms with Gasteiger partial charge in [-0.25, -0.2) is 8.78 Å². The Kier molecular flexibility index (Phi) is 7.15. The summed E-state index contributed by atoms with van der Waals surface area (Å²) in [6, 6.07) is 8.23. The van der Waals surface area contributed by atoms with Gasteiger partial charge in [0.05, 0.1) is 41.4 Å². The number of pyridine rings is 2. The second kappa shape index (κ2) is 11.2. The molecule has 228 valence electrons. The van der Waals surface area contributed by atoms with Crippen LogP contribution in [0.3, 0.4) is 0 Å². The number of H-pyrrole nitrogens is 1. The van der Waals surface area contributed by atoms with E-state index in [9.17, 15) is 17.6 Å². The minimum Gasteiger partial charge on any atom is -0.267 e. The number of hydrogen-bond acceptors (Lipinski definition) is 5. The molecule has 5 aromatic heterocycles. The molecule has 1 unspecified atom stereocenters. The van der Waals surface area contributed by atoms with Crippen molar-refractivity contribution >= 4 is 11.6 Å². The van der Waals surface area contributed by atoms with Crippen molar-refractivity contribution in [3.63, 3.8) is 0 Å². The number of nitrogens with zero attached hydrogens (tertiary/aromatic N) is 8. The van der Waals surface area contributed by atoms with Crippen LogP contribution in [-0.2, 0) is 12.7 Å². The summed E-state index contributed by atoms with van der Waals surface area (Å²) in [5, 5.41) is 15.6. The number of rotatable bonds is 8. The molecule has 1 aliphatic carbocycles. The van der Waals surface area contributed by atoms with Crippen LogP contribution >= 0.6 is 11.6 Å². The molecular weight excluding hydrogens is 617 g/mol. The van der Waals surface area contributed by atoms with E-state index in [1.165, 1.54) is 40.1 Å². The Bertz CT molecular complexity index is 1990. The van der Waals surface area contributed by atoms with Gasteiger partial charge in [0.2, 0.25) is 5.69 Å². The molecule has 1 fully saturated rings. The lowest BCUT2D eigenvalue weighted by Crippen LogP contribution is -2.33. The van der Waals surface area contributed by atoms with Gasteiger partial charge in [-0.3, -0.25) is 19.3 Å². The van der Waals surface area contributed by atoms with E-state index in [0.29, 0.717) is 28.4 Å². The molecule has 0 radical (unpaired) electrons. The molecule has 1 N–H and O–H groups in total. The Morgan fingerprint density at radius 3 is 2.51 bits per heavy atom. The normalized spacial score (nSPS) is 14.2. The first-order valence-electron chi connectivity index (χ1n) is 13.8. The van der Waals surface area contributed by atoms with Crippen LogP contribution in [0.25, 0.3) is 27.9 Å². The molecule has 1 atom stereocenters. The van der Waals surface area contributed by atoms with Crippen LogP contribution in [0.4, 0.5) is 22.0 Å². The minimum absolute atomic E-state index is 0.0622. The number of benzene rings is 1. The van der Waals surface area contributed by atoms with Gasteiger partial charge in [0.1, 0.15) is 11.7 Å². The van der Waals surface area contributed by atoms with Gasteiger partial charge < -0.3 is 0 Å². The first kappa shape index (κ1) is 28.8. The van der Waals surface area contributed by atoms with Crippen molar-refractivity contribution in [3.8, 4) is 27.9 Å². The summed E-state index contributed by atoms with van der Waals surface area (Å²) in [4.78, 5) is 8.03.